The highest BCUT2D eigenvalue weighted by Gasteiger charge is 2.21. The molecule has 8 heteroatoms. The number of aromatic nitrogens is 1. The molecule has 0 unspecified atom stereocenters. The van der Waals surface area contributed by atoms with Crippen LogP contribution in [-0.4, -0.2) is 60.2 Å². The summed E-state index contributed by atoms with van der Waals surface area (Å²) in [5.41, 5.74) is 3.73. The number of carbonyl (C=O) groups excluding carboxylic acids is 1. The first-order chi connectivity index (χ1) is 16.1. The first-order valence-electron chi connectivity index (χ1n) is 11.2. The molecule has 5 rings (SSSR count). The maximum Gasteiger partial charge on any atom is 0.240 e. The largest absolute Gasteiger partial charge is 0.454 e. The van der Waals surface area contributed by atoms with Gasteiger partial charge in [-0.2, -0.15) is 0 Å². The smallest absolute Gasteiger partial charge is 0.240 e. The van der Waals surface area contributed by atoms with E-state index in [1.165, 1.54) is 16.7 Å². The van der Waals surface area contributed by atoms with E-state index in [1.807, 2.05) is 12.3 Å². The summed E-state index contributed by atoms with van der Waals surface area (Å²) in [5, 5.41) is 3.64. The van der Waals surface area contributed by atoms with E-state index >= 15 is 0 Å². The van der Waals surface area contributed by atoms with Crippen LogP contribution in [0.1, 0.15) is 21.6 Å². The van der Waals surface area contributed by atoms with Gasteiger partial charge in [0.25, 0.3) is 0 Å². The van der Waals surface area contributed by atoms with E-state index in [1.54, 1.807) is 11.3 Å². The summed E-state index contributed by atoms with van der Waals surface area (Å²) < 4.78 is 10.9. The van der Waals surface area contributed by atoms with Crippen LogP contribution in [0, 0.1) is 6.92 Å². The first kappa shape index (κ1) is 21.9. The summed E-state index contributed by atoms with van der Waals surface area (Å²) >= 11 is 1.54. The average molecular weight is 465 g/mol. The van der Waals surface area contributed by atoms with E-state index in [4.69, 9.17) is 9.47 Å². The third-order valence-corrected chi connectivity index (χ3v) is 6.85. The molecule has 0 radical (unpaired) electrons. The van der Waals surface area contributed by atoms with Crippen molar-refractivity contribution in [1.29, 1.82) is 0 Å². The lowest BCUT2D eigenvalue weighted by molar-refractivity contribution is -0.117. The van der Waals surface area contributed by atoms with Crippen molar-refractivity contribution in [3.8, 4) is 11.5 Å². The zero-order valence-electron chi connectivity index (χ0n) is 18.8. The second kappa shape index (κ2) is 9.91. The molecule has 1 N–H and O–H groups in total. The molecule has 1 amide bonds. The number of aryl methyl sites for hydroxylation is 1. The number of rotatable bonds is 7. The first-order valence-corrected chi connectivity index (χ1v) is 12.1. The van der Waals surface area contributed by atoms with E-state index in [9.17, 15) is 4.79 Å². The second-order valence-electron chi connectivity index (χ2n) is 8.59. The van der Waals surface area contributed by atoms with Gasteiger partial charge in [-0.15, -0.1) is 11.3 Å². The van der Waals surface area contributed by atoms with E-state index in [-0.39, 0.29) is 5.91 Å². The van der Waals surface area contributed by atoms with E-state index in [0.717, 1.165) is 55.5 Å². The van der Waals surface area contributed by atoms with E-state index in [2.05, 4.69) is 63.4 Å². The Balaban J connectivity index is 1.06. The summed E-state index contributed by atoms with van der Waals surface area (Å²) in [6, 6.07) is 14.6. The third kappa shape index (κ3) is 5.71. The minimum atomic E-state index is -0.00400. The second-order valence-corrected chi connectivity index (χ2v) is 9.70. The Morgan fingerprint density at radius 1 is 1.03 bits per heavy atom. The van der Waals surface area contributed by atoms with E-state index in [0.29, 0.717) is 18.5 Å². The van der Waals surface area contributed by atoms with Gasteiger partial charge in [0.15, 0.2) is 16.6 Å². The molecule has 33 heavy (non-hydrogen) atoms. The van der Waals surface area contributed by atoms with Crippen LogP contribution in [-0.2, 0) is 17.8 Å². The molecule has 2 aromatic carbocycles. The van der Waals surface area contributed by atoms with Crippen LogP contribution >= 0.6 is 11.3 Å². The molecular weight excluding hydrogens is 436 g/mol. The summed E-state index contributed by atoms with van der Waals surface area (Å²) in [4.78, 5) is 22.7. The van der Waals surface area contributed by atoms with Crippen molar-refractivity contribution < 1.29 is 14.3 Å². The highest BCUT2D eigenvalue weighted by molar-refractivity contribution is 7.15. The highest BCUT2D eigenvalue weighted by Crippen LogP contribution is 2.32. The molecule has 3 heterocycles. The van der Waals surface area contributed by atoms with Crippen LogP contribution in [0.15, 0.2) is 48.7 Å². The molecule has 0 aliphatic carbocycles. The van der Waals surface area contributed by atoms with Gasteiger partial charge >= 0.3 is 0 Å². The lowest BCUT2D eigenvalue weighted by Crippen LogP contribution is -2.48. The predicted octanol–water partition coefficient (Wildman–Crippen LogP) is 3.53. The van der Waals surface area contributed by atoms with Crippen LogP contribution in [0.4, 0.5) is 5.13 Å². The number of amides is 1. The number of benzene rings is 2. The minimum absolute atomic E-state index is 0.00400. The SMILES string of the molecule is Cc1cccc(Cc2cnc(NC(=O)CN3CCN(Cc4ccc5c(c4)OCO5)CC3)s2)c1. The minimum Gasteiger partial charge on any atom is -0.454 e. The normalized spacial score (nSPS) is 16.2. The van der Waals surface area contributed by atoms with Gasteiger partial charge in [-0.05, 0) is 30.2 Å². The quantitative estimate of drug-likeness (QED) is 0.577. The van der Waals surface area contributed by atoms with Gasteiger partial charge in [0, 0.05) is 50.2 Å². The van der Waals surface area contributed by atoms with Gasteiger partial charge in [0.1, 0.15) is 0 Å². The van der Waals surface area contributed by atoms with Crippen molar-refractivity contribution >= 4 is 22.4 Å². The van der Waals surface area contributed by atoms with Crippen LogP contribution < -0.4 is 14.8 Å². The maximum atomic E-state index is 12.5. The Hall–Kier alpha value is -2.94. The number of nitrogens with zero attached hydrogens (tertiary/aromatic N) is 3. The molecule has 3 aromatic rings. The van der Waals surface area contributed by atoms with Crippen molar-refractivity contribution in [2.45, 2.75) is 19.9 Å². The summed E-state index contributed by atoms with van der Waals surface area (Å²) in [6.07, 6.45) is 2.69. The van der Waals surface area contributed by atoms with Crippen LogP contribution in [0.5, 0.6) is 11.5 Å². The molecule has 172 valence electrons. The number of fused-ring (bicyclic) bond motifs is 1. The number of anilines is 1. The molecule has 1 saturated heterocycles. The van der Waals surface area contributed by atoms with Crippen LogP contribution in [0.2, 0.25) is 0 Å². The maximum absolute atomic E-state index is 12.5. The fourth-order valence-corrected chi connectivity index (χ4v) is 5.10. The molecule has 2 aliphatic rings. The molecule has 2 aliphatic heterocycles. The van der Waals surface area contributed by atoms with Crippen molar-refractivity contribution in [2.75, 3.05) is 44.8 Å². The summed E-state index contributed by atoms with van der Waals surface area (Å²) in [5.74, 6) is 1.64. The number of nitrogens with one attached hydrogen (secondary N) is 1. The number of piperazine rings is 1. The molecular formula is C25H28N4O3S. The molecule has 1 aromatic heterocycles. The lowest BCUT2D eigenvalue weighted by Gasteiger charge is -2.34. The van der Waals surface area contributed by atoms with Gasteiger partial charge in [0.2, 0.25) is 12.7 Å². The van der Waals surface area contributed by atoms with Crippen LogP contribution in [0.25, 0.3) is 0 Å². The predicted molar refractivity (Wildman–Crippen MR) is 129 cm³/mol. The number of hydrogen-bond donors (Lipinski definition) is 1. The molecule has 0 bridgehead atoms. The van der Waals surface area contributed by atoms with Gasteiger partial charge in [-0.3, -0.25) is 14.6 Å². The summed E-state index contributed by atoms with van der Waals surface area (Å²) in [6.45, 7) is 7.26. The standard InChI is InChI=1S/C25H28N4O3S/c1-18-3-2-4-19(11-18)12-21-14-26-25(33-21)27-24(30)16-29-9-7-28(8-10-29)15-20-5-6-22-23(13-20)32-17-31-22/h2-6,11,13-14H,7-10,12,15-17H2,1H3,(H,26,27,30). The Labute approximate surface area is 198 Å². The van der Waals surface area contributed by atoms with Gasteiger partial charge < -0.3 is 14.8 Å². The number of thiazole rings is 1. The van der Waals surface area contributed by atoms with Gasteiger partial charge in [-0.25, -0.2) is 4.98 Å². The molecule has 0 saturated carbocycles. The Kier molecular flexibility index (Phi) is 6.57. The lowest BCUT2D eigenvalue weighted by atomic mass is 10.1. The zero-order chi connectivity index (χ0) is 22.6. The van der Waals surface area contributed by atoms with Gasteiger partial charge in [0.05, 0.1) is 6.54 Å². The highest BCUT2D eigenvalue weighted by atomic mass is 32.1. The molecule has 0 spiro atoms. The third-order valence-electron chi connectivity index (χ3n) is 5.94. The topological polar surface area (TPSA) is 66.9 Å². The monoisotopic (exact) mass is 464 g/mol. The fourth-order valence-electron chi connectivity index (χ4n) is 4.24. The van der Waals surface area contributed by atoms with Crippen molar-refractivity contribution in [3.05, 3.63) is 70.2 Å². The van der Waals surface area contributed by atoms with Crippen molar-refractivity contribution in [1.82, 2.24) is 14.8 Å². The Bertz CT molecular complexity index is 1120. The molecule has 0 atom stereocenters. The number of ether oxygens (including phenoxy) is 2. The van der Waals surface area contributed by atoms with Crippen molar-refractivity contribution in [2.24, 2.45) is 0 Å². The summed E-state index contributed by atoms with van der Waals surface area (Å²) in [7, 11) is 0. The van der Waals surface area contributed by atoms with E-state index < -0.39 is 0 Å². The Morgan fingerprint density at radius 3 is 2.70 bits per heavy atom. The van der Waals surface area contributed by atoms with Gasteiger partial charge in [-0.1, -0.05) is 35.9 Å². The fraction of sp³-hybridized carbons (Fsp3) is 0.360. The Morgan fingerprint density at radius 2 is 1.85 bits per heavy atom. The zero-order valence-corrected chi connectivity index (χ0v) is 19.6. The molecule has 7 nitrogen and oxygen atoms in total. The van der Waals surface area contributed by atoms with Crippen molar-refractivity contribution in [3.63, 3.8) is 0 Å². The average Bonchev–Trinajstić information content (AvgIpc) is 3.44. The number of hydrogen-bond acceptors (Lipinski definition) is 7. The number of carbonyl (C=O) groups is 1. The molecule has 1 fully saturated rings. The van der Waals surface area contributed by atoms with Crippen LogP contribution in [0.3, 0.4) is 0 Å².